The maximum absolute atomic E-state index is 13.3. The van der Waals surface area contributed by atoms with Gasteiger partial charge < -0.3 is 11.1 Å². The number of nitrogens with two attached hydrogens (primary N) is 1. The van der Waals surface area contributed by atoms with E-state index in [4.69, 9.17) is 5.73 Å². The molecule has 1 aromatic rings. The van der Waals surface area contributed by atoms with Crippen LogP contribution in [-0.4, -0.2) is 11.8 Å². The minimum absolute atomic E-state index is 0.229. The molecule has 0 bridgehead atoms. The van der Waals surface area contributed by atoms with Crippen LogP contribution < -0.4 is 11.1 Å². The molecule has 0 saturated heterocycles. The predicted molar refractivity (Wildman–Crippen MR) is 74.7 cm³/mol. The SMILES string of the molecule is NC(=O)c1cc(NC(=O)C=C2CCCCC2)ccc1F. The van der Waals surface area contributed by atoms with Crippen molar-refractivity contribution in [2.75, 3.05) is 5.32 Å². The molecular formula is C15H17FN2O2. The van der Waals surface area contributed by atoms with Crippen LogP contribution in [0.4, 0.5) is 10.1 Å². The van der Waals surface area contributed by atoms with Crippen molar-refractivity contribution in [2.45, 2.75) is 32.1 Å². The number of carbonyl (C=O) groups is 2. The third-order valence-corrected chi connectivity index (χ3v) is 3.33. The summed E-state index contributed by atoms with van der Waals surface area (Å²) in [5, 5.41) is 2.62. The topological polar surface area (TPSA) is 72.2 Å². The summed E-state index contributed by atoms with van der Waals surface area (Å²) in [6.45, 7) is 0. The number of benzene rings is 1. The summed E-state index contributed by atoms with van der Waals surface area (Å²) in [4.78, 5) is 22.9. The number of hydrogen-bond acceptors (Lipinski definition) is 2. The number of rotatable bonds is 3. The van der Waals surface area contributed by atoms with Gasteiger partial charge in [-0.05, 0) is 43.9 Å². The summed E-state index contributed by atoms with van der Waals surface area (Å²) in [7, 11) is 0. The molecule has 106 valence electrons. The third kappa shape index (κ3) is 3.66. The number of nitrogens with one attached hydrogen (secondary N) is 1. The molecule has 20 heavy (non-hydrogen) atoms. The van der Waals surface area contributed by atoms with E-state index in [0.29, 0.717) is 5.69 Å². The number of primary amides is 1. The Balaban J connectivity index is 2.07. The highest BCUT2D eigenvalue weighted by Crippen LogP contribution is 2.22. The average Bonchev–Trinajstić information content (AvgIpc) is 2.41. The fourth-order valence-corrected chi connectivity index (χ4v) is 2.31. The Morgan fingerprint density at radius 2 is 1.90 bits per heavy atom. The van der Waals surface area contributed by atoms with Gasteiger partial charge in [0.05, 0.1) is 5.56 Å². The average molecular weight is 276 g/mol. The normalized spacial score (nSPS) is 14.8. The summed E-state index contributed by atoms with van der Waals surface area (Å²) < 4.78 is 13.3. The van der Waals surface area contributed by atoms with E-state index in [2.05, 4.69) is 5.32 Å². The molecule has 2 amide bonds. The summed E-state index contributed by atoms with van der Waals surface area (Å²) >= 11 is 0. The van der Waals surface area contributed by atoms with Crippen molar-refractivity contribution in [1.82, 2.24) is 0 Å². The Kier molecular flexibility index (Phi) is 4.50. The molecule has 0 atom stereocenters. The lowest BCUT2D eigenvalue weighted by molar-refractivity contribution is -0.112. The Morgan fingerprint density at radius 3 is 2.55 bits per heavy atom. The Hall–Kier alpha value is -2.17. The lowest BCUT2D eigenvalue weighted by Gasteiger charge is -2.13. The highest BCUT2D eigenvalue weighted by Gasteiger charge is 2.11. The zero-order valence-corrected chi connectivity index (χ0v) is 11.1. The van der Waals surface area contributed by atoms with Crippen molar-refractivity contribution >= 4 is 17.5 Å². The van der Waals surface area contributed by atoms with Crippen molar-refractivity contribution in [3.8, 4) is 0 Å². The summed E-state index contributed by atoms with van der Waals surface area (Å²) in [6.07, 6.45) is 6.92. The van der Waals surface area contributed by atoms with Gasteiger partial charge in [0.25, 0.3) is 5.91 Å². The van der Waals surface area contributed by atoms with Gasteiger partial charge in [-0.1, -0.05) is 12.0 Å². The monoisotopic (exact) mass is 276 g/mol. The number of amides is 2. The lowest BCUT2D eigenvalue weighted by atomic mass is 9.94. The van der Waals surface area contributed by atoms with E-state index in [1.807, 2.05) is 0 Å². The minimum Gasteiger partial charge on any atom is -0.366 e. The molecular weight excluding hydrogens is 259 g/mol. The molecule has 0 radical (unpaired) electrons. The maximum atomic E-state index is 13.3. The van der Waals surface area contributed by atoms with Crippen molar-refractivity contribution in [1.29, 1.82) is 0 Å². The molecule has 0 aromatic heterocycles. The van der Waals surface area contributed by atoms with E-state index in [-0.39, 0.29) is 11.5 Å². The van der Waals surface area contributed by atoms with Gasteiger partial charge in [0, 0.05) is 11.8 Å². The van der Waals surface area contributed by atoms with Crippen LogP contribution >= 0.6 is 0 Å². The zero-order chi connectivity index (χ0) is 14.5. The van der Waals surface area contributed by atoms with Crippen LogP contribution in [0.25, 0.3) is 0 Å². The molecule has 1 saturated carbocycles. The van der Waals surface area contributed by atoms with Gasteiger partial charge in [0.1, 0.15) is 5.82 Å². The van der Waals surface area contributed by atoms with Crippen LogP contribution in [0, 0.1) is 5.82 Å². The Morgan fingerprint density at radius 1 is 1.20 bits per heavy atom. The van der Waals surface area contributed by atoms with E-state index in [1.54, 1.807) is 6.08 Å². The Bertz CT molecular complexity index is 559. The van der Waals surface area contributed by atoms with Gasteiger partial charge in [-0.25, -0.2) is 4.39 Å². The van der Waals surface area contributed by atoms with E-state index >= 15 is 0 Å². The Labute approximate surface area is 116 Å². The largest absolute Gasteiger partial charge is 0.366 e. The quantitative estimate of drug-likeness (QED) is 0.833. The molecule has 0 heterocycles. The van der Waals surface area contributed by atoms with Crippen LogP contribution in [0.5, 0.6) is 0 Å². The molecule has 2 rings (SSSR count). The molecule has 1 aromatic carbocycles. The number of anilines is 1. The van der Waals surface area contributed by atoms with Crippen LogP contribution in [-0.2, 0) is 4.79 Å². The molecule has 1 aliphatic rings. The van der Waals surface area contributed by atoms with E-state index in [9.17, 15) is 14.0 Å². The highest BCUT2D eigenvalue weighted by molar-refractivity contribution is 6.01. The number of allylic oxidation sites excluding steroid dienone is 1. The molecule has 3 N–H and O–H groups in total. The molecule has 4 nitrogen and oxygen atoms in total. The molecule has 0 spiro atoms. The second-order valence-corrected chi connectivity index (χ2v) is 4.91. The van der Waals surface area contributed by atoms with Crippen molar-refractivity contribution < 1.29 is 14.0 Å². The first-order chi connectivity index (χ1) is 9.56. The van der Waals surface area contributed by atoms with Crippen molar-refractivity contribution in [2.24, 2.45) is 5.73 Å². The standard InChI is InChI=1S/C15H17FN2O2/c16-13-7-6-11(9-12(13)15(17)20)18-14(19)8-10-4-2-1-3-5-10/h6-9H,1-5H2,(H2,17,20)(H,18,19). The lowest BCUT2D eigenvalue weighted by Crippen LogP contribution is -2.15. The number of halogens is 1. The molecule has 0 aliphatic heterocycles. The van der Waals surface area contributed by atoms with Crippen LogP contribution in [0.2, 0.25) is 0 Å². The maximum Gasteiger partial charge on any atom is 0.251 e. The smallest absolute Gasteiger partial charge is 0.251 e. The van der Waals surface area contributed by atoms with E-state index < -0.39 is 11.7 Å². The second-order valence-electron chi connectivity index (χ2n) is 4.91. The van der Waals surface area contributed by atoms with Gasteiger partial charge >= 0.3 is 0 Å². The third-order valence-electron chi connectivity index (χ3n) is 3.33. The van der Waals surface area contributed by atoms with Gasteiger partial charge in [0.15, 0.2) is 0 Å². The van der Waals surface area contributed by atoms with Crippen LogP contribution in [0.3, 0.4) is 0 Å². The first kappa shape index (κ1) is 14.2. The van der Waals surface area contributed by atoms with Gasteiger partial charge in [-0.3, -0.25) is 9.59 Å². The van der Waals surface area contributed by atoms with Crippen LogP contribution in [0.15, 0.2) is 29.8 Å². The van der Waals surface area contributed by atoms with E-state index in [1.165, 1.54) is 18.6 Å². The summed E-state index contributed by atoms with van der Waals surface area (Å²) in [5.41, 5.74) is 6.32. The first-order valence-electron chi connectivity index (χ1n) is 6.66. The van der Waals surface area contributed by atoms with E-state index in [0.717, 1.165) is 37.3 Å². The number of hydrogen-bond donors (Lipinski definition) is 2. The molecule has 0 unspecified atom stereocenters. The van der Waals surface area contributed by atoms with Crippen LogP contribution in [0.1, 0.15) is 42.5 Å². The molecule has 1 aliphatic carbocycles. The van der Waals surface area contributed by atoms with Gasteiger partial charge in [-0.2, -0.15) is 0 Å². The van der Waals surface area contributed by atoms with Gasteiger partial charge in [0.2, 0.25) is 5.91 Å². The number of carbonyl (C=O) groups excluding carboxylic acids is 2. The molecule has 1 fully saturated rings. The van der Waals surface area contributed by atoms with Gasteiger partial charge in [-0.15, -0.1) is 0 Å². The highest BCUT2D eigenvalue weighted by atomic mass is 19.1. The fraction of sp³-hybridized carbons (Fsp3) is 0.333. The molecule has 5 heteroatoms. The predicted octanol–water partition coefficient (Wildman–Crippen LogP) is 2.75. The van der Waals surface area contributed by atoms with Crippen molar-refractivity contribution in [3.63, 3.8) is 0 Å². The first-order valence-corrected chi connectivity index (χ1v) is 6.66. The summed E-state index contributed by atoms with van der Waals surface area (Å²) in [6, 6.07) is 3.76. The summed E-state index contributed by atoms with van der Waals surface area (Å²) in [5.74, 6) is -1.81. The fourth-order valence-electron chi connectivity index (χ4n) is 2.31. The second kappa shape index (κ2) is 6.32. The minimum atomic E-state index is -0.857. The zero-order valence-electron chi connectivity index (χ0n) is 11.1. The van der Waals surface area contributed by atoms with Crippen molar-refractivity contribution in [3.05, 3.63) is 41.2 Å².